The Morgan fingerprint density at radius 3 is 2.55 bits per heavy atom. The van der Waals surface area contributed by atoms with Crippen LogP contribution in [0.25, 0.3) is 17.0 Å². The zero-order valence-corrected chi connectivity index (χ0v) is 18.2. The quantitative estimate of drug-likeness (QED) is 0.439. The van der Waals surface area contributed by atoms with Crippen molar-refractivity contribution in [2.24, 2.45) is 0 Å². The summed E-state index contributed by atoms with van der Waals surface area (Å²) in [6, 6.07) is 12.8. The molecule has 1 saturated heterocycles. The Kier molecular flexibility index (Phi) is 6.27. The maximum atomic E-state index is 13.1. The highest BCUT2D eigenvalue weighted by molar-refractivity contribution is 8.18. The van der Waals surface area contributed by atoms with E-state index in [0.717, 1.165) is 27.6 Å². The van der Waals surface area contributed by atoms with Gasteiger partial charge in [0.15, 0.2) is 0 Å². The molecule has 3 aromatic rings. The first-order chi connectivity index (χ1) is 15.9. The zero-order valence-electron chi connectivity index (χ0n) is 17.4. The maximum Gasteiger partial charge on any atom is 0.325 e. The summed E-state index contributed by atoms with van der Waals surface area (Å²) < 4.78 is 19.3. The summed E-state index contributed by atoms with van der Waals surface area (Å²) in [6.45, 7) is -0.473. The number of esters is 1. The molecule has 2 heterocycles. The van der Waals surface area contributed by atoms with Crippen molar-refractivity contribution in [1.82, 2.24) is 9.47 Å². The average Bonchev–Trinajstić information content (AvgIpc) is 3.27. The number of thioether (sulfide) groups is 1. The number of benzene rings is 2. The Hall–Kier alpha value is -3.92. The highest BCUT2D eigenvalue weighted by atomic mass is 32.2. The first kappa shape index (κ1) is 22.3. The van der Waals surface area contributed by atoms with Gasteiger partial charge in [-0.15, -0.1) is 0 Å². The van der Waals surface area contributed by atoms with E-state index >= 15 is 0 Å². The predicted octanol–water partition coefficient (Wildman–Crippen LogP) is 3.63. The van der Waals surface area contributed by atoms with Crippen LogP contribution in [-0.4, -0.2) is 46.1 Å². The standard InChI is InChI=1S/C23H18FN3O5S/c1-32-21(29)13-27-22(30)19(33-23(27)31)10-14-11-26(18-5-3-2-4-17(14)18)12-20(28)25-16-8-6-15(24)7-9-16/h2-11H,12-13H2,1H3,(H,25,28)/b19-10+. The Balaban J connectivity index is 1.59. The van der Waals surface area contributed by atoms with Gasteiger partial charge in [-0.2, -0.15) is 0 Å². The van der Waals surface area contributed by atoms with Crippen LogP contribution in [-0.2, 0) is 25.7 Å². The van der Waals surface area contributed by atoms with E-state index in [0.29, 0.717) is 11.3 Å². The molecule has 2 aromatic carbocycles. The Labute approximate surface area is 192 Å². The van der Waals surface area contributed by atoms with Crippen molar-refractivity contribution in [3.8, 4) is 0 Å². The van der Waals surface area contributed by atoms with Crippen LogP contribution < -0.4 is 5.32 Å². The van der Waals surface area contributed by atoms with Crippen molar-refractivity contribution < 1.29 is 28.3 Å². The number of amides is 3. The van der Waals surface area contributed by atoms with Gasteiger partial charge in [0.1, 0.15) is 18.9 Å². The Morgan fingerprint density at radius 1 is 1.09 bits per heavy atom. The van der Waals surface area contributed by atoms with Gasteiger partial charge >= 0.3 is 5.97 Å². The van der Waals surface area contributed by atoms with Gasteiger partial charge in [0.25, 0.3) is 11.1 Å². The molecule has 1 aliphatic heterocycles. The number of carbonyl (C=O) groups is 4. The third kappa shape index (κ3) is 4.80. The van der Waals surface area contributed by atoms with Crippen molar-refractivity contribution in [3.63, 3.8) is 0 Å². The van der Waals surface area contributed by atoms with E-state index in [-0.39, 0.29) is 17.4 Å². The molecule has 8 nitrogen and oxygen atoms in total. The minimum Gasteiger partial charge on any atom is -0.468 e. The summed E-state index contributed by atoms with van der Waals surface area (Å²) in [5.74, 6) is -1.99. The molecule has 0 radical (unpaired) electrons. The van der Waals surface area contributed by atoms with E-state index in [1.54, 1.807) is 16.8 Å². The summed E-state index contributed by atoms with van der Waals surface area (Å²) in [7, 11) is 1.18. The van der Waals surface area contributed by atoms with Crippen LogP contribution in [0.3, 0.4) is 0 Å². The Morgan fingerprint density at radius 2 is 1.82 bits per heavy atom. The van der Waals surface area contributed by atoms with Gasteiger partial charge in [-0.05, 0) is 48.2 Å². The molecular formula is C23H18FN3O5S. The molecule has 0 bridgehead atoms. The number of imide groups is 1. The highest BCUT2D eigenvalue weighted by Gasteiger charge is 2.36. The van der Waals surface area contributed by atoms with Crippen molar-refractivity contribution in [3.05, 3.63) is 71.0 Å². The van der Waals surface area contributed by atoms with Crippen LogP contribution >= 0.6 is 11.8 Å². The van der Waals surface area contributed by atoms with Crippen molar-refractivity contribution in [2.45, 2.75) is 6.54 Å². The lowest BCUT2D eigenvalue weighted by Crippen LogP contribution is -2.34. The van der Waals surface area contributed by atoms with E-state index < -0.39 is 29.5 Å². The molecule has 0 saturated carbocycles. The highest BCUT2D eigenvalue weighted by Crippen LogP contribution is 2.34. The molecule has 0 aliphatic carbocycles. The fourth-order valence-electron chi connectivity index (χ4n) is 3.38. The number of nitrogens with one attached hydrogen (secondary N) is 1. The van der Waals surface area contributed by atoms with Crippen LogP contribution in [0, 0.1) is 5.82 Å². The first-order valence-electron chi connectivity index (χ1n) is 9.81. The van der Waals surface area contributed by atoms with Gasteiger partial charge < -0.3 is 14.6 Å². The molecule has 33 heavy (non-hydrogen) atoms. The number of nitrogens with zero attached hydrogens (tertiary/aromatic N) is 2. The van der Waals surface area contributed by atoms with E-state index in [1.165, 1.54) is 31.4 Å². The number of aromatic nitrogens is 1. The number of anilines is 1. The molecule has 1 aromatic heterocycles. The monoisotopic (exact) mass is 467 g/mol. The van der Waals surface area contributed by atoms with Crippen molar-refractivity contribution >= 4 is 57.5 Å². The molecule has 0 spiro atoms. The lowest BCUT2D eigenvalue weighted by Gasteiger charge is -2.09. The second-order valence-electron chi connectivity index (χ2n) is 7.13. The maximum absolute atomic E-state index is 13.1. The van der Waals surface area contributed by atoms with Crippen molar-refractivity contribution in [2.75, 3.05) is 19.0 Å². The average molecular weight is 467 g/mol. The zero-order chi connectivity index (χ0) is 23.5. The Bertz CT molecular complexity index is 1300. The number of ether oxygens (including phenoxy) is 1. The number of hydrogen-bond acceptors (Lipinski definition) is 6. The van der Waals surface area contributed by atoms with Crippen LogP contribution in [0.5, 0.6) is 0 Å². The van der Waals surface area contributed by atoms with Gasteiger partial charge in [0.05, 0.1) is 12.0 Å². The fraction of sp³-hybridized carbons (Fsp3) is 0.130. The number of rotatable bonds is 6. The number of methoxy groups -OCH3 is 1. The smallest absolute Gasteiger partial charge is 0.325 e. The third-order valence-corrected chi connectivity index (χ3v) is 5.84. The molecule has 1 aliphatic rings. The third-order valence-electron chi connectivity index (χ3n) is 4.94. The van der Waals surface area contributed by atoms with Crippen LogP contribution in [0.2, 0.25) is 0 Å². The van der Waals surface area contributed by atoms with Gasteiger partial charge in [-0.25, -0.2) is 4.39 Å². The molecule has 0 atom stereocenters. The fourth-order valence-corrected chi connectivity index (χ4v) is 4.21. The number of para-hydroxylation sites is 1. The number of fused-ring (bicyclic) bond motifs is 1. The molecule has 4 rings (SSSR count). The number of carbonyl (C=O) groups excluding carboxylic acids is 4. The summed E-state index contributed by atoms with van der Waals surface area (Å²) in [6.07, 6.45) is 3.28. The lowest BCUT2D eigenvalue weighted by molar-refractivity contribution is -0.143. The van der Waals surface area contributed by atoms with E-state index in [4.69, 9.17) is 0 Å². The molecule has 3 amide bonds. The van der Waals surface area contributed by atoms with E-state index in [9.17, 15) is 23.6 Å². The normalized spacial score (nSPS) is 14.8. The van der Waals surface area contributed by atoms with E-state index in [2.05, 4.69) is 10.1 Å². The topological polar surface area (TPSA) is 97.7 Å². The summed E-state index contributed by atoms with van der Waals surface area (Å²) in [5.41, 5.74) is 1.87. The predicted molar refractivity (Wildman–Crippen MR) is 122 cm³/mol. The van der Waals surface area contributed by atoms with Crippen LogP contribution in [0.15, 0.2) is 59.6 Å². The van der Waals surface area contributed by atoms with Crippen LogP contribution in [0.4, 0.5) is 14.9 Å². The van der Waals surface area contributed by atoms with Gasteiger partial charge in [0.2, 0.25) is 5.91 Å². The molecule has 1 fully saturated rings. The second-order valence-corrected chi connectivity index (χ2v) is 8.12. The largest absolute Gasteiger partial charge is 0.468 e. The summed E-state index contributed by atoms with van der Waals surface area (Å²) in [4.78, 5) is 49.8. The lowest BCUT2D eigenvalue weighted by atomic mass is 10.1. The number of halogens is 1. The molecule has 10 heteroatoms. The van der Waals surface area contributed by atoms with Gasteiger partial charge in [-0.1, -0.05) is 18.2 Å². The molecular weight excluding hydrogens is 449 g/mol. The number of hydrogen-bond donors (Lipinski definition) is 1. The van der Waals surface area contributed by atoms with Gasteiger partial charge in [0, 0.05) is 28.4 Å². The minimum atomic E-state index is -0.692. The van der Waals surface area contributed by atoms with Crippen molar-refractivity contribution in [1.29, 1.82) is 0 Å². The minimum absolute atomic E-state index is 0.0183. The summed E-state index contributed by atoms with van der Waals surface area (Å²) in [5, 5.41) is 2.94. The molecule has 0 unspecified atom stereocenters. The van der Waals surface area contributed by atoms with Crippen LogP contribution in [0.1, 0.15) is 5.56 Å². The first-order valence-corrected chi connectivity index (χ1v) is 10.6. The van der Waals surface area contributed by atoms with Gasteiger partial charge in [-0.3, -0.25) is 24.1 Å². The van der Waals surface area contributed by atoms with E-state index in [1.807, 2.05) is 24.3 Å². The second kappa shape index (κ2) is 9.29. The SMILES string of the molecule is COC(=O)CN1C(=O)S/C(=C/c2cn(CC(=O)Nc3ccc(F)cc3)c3ccccc23)C1=O. The molecule has 1 N–H and O–H groups in total. The summed E-state index contributed by atoms with van der Waals surface area (Å²) >= 11 is 0.735. The molecule has 168 valence electrons.